The molecule has 2 aromatic rings. The van der Waals surface area contributed by atoms with Crippen molar-refractivity contribution in [3.8, 4) is 0 Å². The summed E-state index contributed by atoms with van der Waals surface area (Å²) in [6, 6.07) is 10.9. The Kier molecular flexibility index (Phi) is 6.50. The zero-order chi connectivity index (χ0) is 22.3. The van der Waals surface area contributed by atoms with Gasteiger partial charge in [-0.15, -0.1) is 0 Å². The number of hydrogen-bond donors (Lipinski definition) is 1. The smallest absolute Gasteiger partial charge is 0.255 e. The van der Waals surface area contributed by atoms with E-state index >= 15 is 0 Å². The topological polar surface area (TPSA) is 66.6 Å². The largest absolute Gasteiger partial charge is 0.370 e. The molecule has 3 atom stereocenters. The monoisotopic (exact) mass is 479 g/mol. The molecule has 2 aliphatic rings. The number of hydrogen-bond acceptors (Lipinski definition) is 3. The zero-order valence-corrected chi connectivity index (χ0v) is 19.4. The van der Waals surface area contributed by atoms with Crippen LogP contribution in [0.1, 0.15) is 33.9 Å². The molecule has 0 spiro atoms. The van der Waals surface area contributed by atoms with Crippen LogP contribution in [0.2, 0.25) is 15.1 Å². The summed E-state index contributed by atoms with van der Waals surface area (Å²) in [5.74, 6) is 0.232. The van der Waals surface area contributed by atoms with Crippen molar-refractivity contribution in [1.82, 2.24) is 9.80 Å². The van der Waals surface area contributed by atoms with Crippen molar-refractivity contribution in [2.24, 2.45) is 17.6 Å². The second-order valence-corrected chi connectivity index (χ2v) is 9.67. The van der Waals surface area contributed by atoms with Gasteiger partial charge in [-0.3, -0.25) is 14.5 Å². The third-order valence-electron chi connectivity index (χ3n) is 6.40. The van der Waals surface area contributed by atoms with Crippen LogP contribution in [0, 0.1) is 18.8 Å². The number of likely N-dealkylation sites (tertiary alicyclic amines) is 2. The van der Waals surface area contributed by atoms with Gasteiger partial charge < -0.3 is 10.6 Å². The molecular weight excluding hydrogens is 457 g/mol. The average Bonchev–Trinajstić information content (AvgIpc) is 3.29. The third-order valence-corrected chi connectivity index (χ3v) is 7.63. The van der Waals surface area contributed by atoms with E-state index < -0.39 is 0 Å². The molecule has 2 fully saturated rings. The van der Waals surface area contributed by atoms with Gasteiger partial charge in [0.2, 0.25) is 5.91 Å². The van der Waals surface area contributed by atoms with Gasteiger partial charge in [-0.25, -0.2) is 0 Å². The Morgan fingerprint density at radius 2 is 1.71 bits per heavy atom. The number of rotatable bonds is 5. The molecular formula is C23H24Cl3N3O2. The Morgan fingerprint density at radius 3 is 2.32 bits per heavy atom. The highest BCUT2D eigenvalue weighted by Crippen LogP contribution is 2.39. The minimum atomic E-state index is -0.342. The fourth-order valence-electron chi connectivity index (χ4n) is 4.75. The lowest BCUT2D eigenvalue weighted by molar-refractivity contribution is -0.119. The van der Waals surface area contributed by atoms with Crippen LogP contribution in [-0.2, 0) is 4.79 Å². The lowest BCUT2D eigenvalue weighted by Crippen LogP contribution is -2.36. The molecule has 8 heteroatoms. The van der Waals surface area contributed by atoms with E-state index in [0.717, 1.165) is 24.2 Å². The SMILES string of the molecule is Cc1ccc(C(CC(N)=O)N2CC3CN(C(=O)c4cccc(Cl)c4Cl)CC3C2)cc1Cl. The van der Waals surface area contributed by atoms with E-state index in [4.69, 9.17) is 40.5 Å². The first-order valence-electron chi connectivity index (χ1n) is 10.3. The molecule has 2 amide bonds. The molecule has 4 rings (SSSR count). The second kappa shape index (κ2) is 8.99. The quantitative estimate of drug-likeness (QED) is 0.681. The summed E-state index contributed by atoms with van der Waals surface area (Å²) >= 11 is 18.7. The van der Waals surface area contributed by atoms with Gasteiger partial charge in [0, 0.05) is 43.7 Å². The van der Waals surface area contributed by atoms with E-state index in [9.17, 15) is 9.59 Å². The molecule has 2 saturated heterocycles. The van der Waals surface area contributed by atoms with Gasteiger partial charge in [0.15, 0.2) is 0 Å². The number of aryl methyl sites for hydroxylation is 1. The van der Waals surface area contributed by atoms with Crippen molar-refractivity contribution in [3.63, 3.8) is 0 Å². The van der Waals surface area contributed by atoms with Crippen LogP contribution in [0.4, 0.5) is 0 Å². The first-order chi connectivity index (χ1) is 14.7. The number of primary amides is 1. The fraction of sp³-hybridized carbons (Fsp3) is 0.391. The number of benzene rings is 2. The lowest BCUT2D eigenvalue weighted by atomic mass is 10.0. The zero-order valence-electron chi connectivity index (χ0n) is 17.2. The number of halogens is 3. The highest BCUT2D eigenvalue weighted by molar-refractivity contribution is 6.43. The number of nitrogens with two attached hydrogens (primary N) is 1. The van der Waals surface area contributed by atoms with Crippen molar-refractivity contribution in [2.45, 2.75) is 19.4 Å². The van der Waals surface area contributed by atoms with E-state index in [-0.39, 0.29) is 24.3 Å². The van der Waals surface area contributed by atoms with Crippen molar-refractivity contribution in [2.75, 3.05) is 26.2 Å². The van der Waals surface area contributed by atoms with Crippen LogP contribution in [0.5, 0.6) is 0 Å². The molecule has 0 saturated carbocycles. The van der Waals surface area contributed by atoms with Gasteiger partial charge in [0.1, 0.15) is 0 Å². The highest BCUT2D eigenvalue weighted by Gasteiger charge is 2.44. The predicted molar refractivity (Wildman–Crippen MR) is 124 cm³/mol. The summed E-state index contributed by atoms with van der Waals surface area (Å²) in [4.78, 5) is 28.9. The third kappa shape index (κ3) is 4.56. The average molecular weight is 481 g/mol. The molecule has 2 heterocycles. The molecule has 0 bridgehead atoms. The number of nitrogens with zero attached hydrogens (tertiary/aromatic N) is 2. The van der Waals surface area contributed by atoms with Crippen molar-refractivity contribution in [3.05, 3.63) is 68.2 Å². The molecule has 0 aromatic heterocycles. The maximum atomic E-state index is 13.0. The molecule has 164 valence electrons. The first-order valence-corrected chi connectivity index (χ1v) is 11.4. The van der Waals surface area contributed by atoms with Crippen molar-refractivity contribution < 1.29 is 9.59 Å². The highest BCUT2D eigenvalue weighted by atomic mass is 35.5. The Bertz CT molecular complexity index is 1020. The van der Waals surface area contributed by atoms with Crippen LogP contribution in [-0.4, -0.2) is 47.8 Å². The van der Waals surface area contributed by atoms with Crippen LogP contribution < -0.4 is 5.73 Å². The van der Waals surface area contributed by atoms with Gasteiger partial charge >= 0.3 is 0 Å². The number of carbonyl (C=O) groups excluding carboxylic acids is 2. The van der Waals surface area contributed by atoms with E-state index in [1.165, 1.54) is 0 Å². The van der Waals surface area contributed by atoms with E-state index in [0.29, 0.717) is 45.6 Å². The Morgan fingerprint density at radius 1 is 1.03 bits per heavy atom. The van der Waals surface area contributed by atoms with Gasteiger partial charge in [-0.2, -0.15) is 0 Å². The predicted octanol–water partition coefficient (Wildman–Crippen LogP) is 4.58. The molecule has 5 nitrogen and oxygen atoms in total. The molecule has 2 aromatic carbocycles. The maximum Gasteiger partial charge on any atom is 0.255 e. The van der Waals surface area contributed by atoms with Gasteiger partial charge in [-0.05, 0) is 48.1 Å². The molecule has 31 heavy (non-hydrogen) atoms. The summed E-state index contributed by atoms with van der Waals surface area (Å²) < 4.78 is 0. The summed E-state index contributed by atoms with van der Waals surface area (Å²) in [5.41, 5.74) is 7.99. The standard InChI is InChI=1S/C23H24Cl3N3O2/c1-13-5-6-14(7-19(13)25)20(8-21(27)30)28-9-15-11-29(12-16(15)10-28)23(31)17-3-2-4-18(24)22(17)26/h2-7,15-16,20H,8-12H2,1H3,(H2,27,30). The Hall–Kier alpha value is -1.79. The van der Waals surface area contributed by atoms with E-state index in [1.807, 2.05) is 30.0 Å². The summed E-state index contributed by atoms with van der Waals surface area (Å²) in [6.07, 6.45) is 0.236. The van der Waals surface area contributed by atoms with Gasteiger partial charge in [-0.1, -0.05) is 53.0 Å². The number of amides is 2. The Balaban J connectivity index is 1.48. The minimum Gasteiger partial charge on any atom is -0.370 e. The van der Waals surface area contributed by atoms with Crippen LogP contribution in [0.3, 0.4) is 0 Å². The summed E-state index contributed by atoms with van der Waals surface area (Å²) in [7, 11) is 0. The number of fused-ring (bicyclic) bond motifs is 1. The van der Waals surface area contributed by atoms with Crippen LogP contribution in [0.25, 0.3) is 0 Å². The normalized spacial score (nSPS) is 21.9. The maximum absolute atomic E-state index is 13.0. The van der Waals surface area contributed by atoms with Gasteiger partial charge in [0.05, 0.1) is 15.6 Å². The second-order valence-electron chi connectivity index (χ2n) is 8.48. The van der Waals surface area contributed by atoms with Crippen molar-refractivity contribution in [1.29, 1.82) is 0 Å². The Labute approximate surface area is 197 Å². The number of carbonyl (C=O) groups is 2. The minimum absolute atomic E-state index is 0.0903. The lowest BCUT2D eigenvalue weighted by Gasteiger charge is -2.29. The molecule has 3 unspecified atom stereocenters. The van der Waals surface area contributed by atoms with Crippen molar-refractivity contribution >= 4 is 46.6 Å². The summed E-state index contributed by atoms with van der Waals surface area (Å²) in [6.45, 7) is 4.84. The molecule has 2 aliphatic heterocycles. The molecule has 0 aliphatic carbocycles. The fourth-order valence-corrected chi connectivity index (χ4v) is 5.32. The van der Waals surface area contributed by atoms with Gasteiger partial charge in [0.25, 0.3) is 5.91 Å². The van der Waals surface area contributed by atoms with E-state index in [1.54, 1.807) is 18.2 Å². The van der Waals surface area contributed by atoms with Crippen LogP contribution in [0.15, 0.2) is 36.4 Å². The summed E-state index contributed by atoms with van der Waals surface area (Å²) in [5, 5.41) is 1.36. The van der Waals surface area contributed by atoms with E-state index in [2.05, 4.69) is 4.90 Å². The van der Waals surface area contributed by atoms with Crippen LogP contribution >= 0.6 is 34.8 Å². The molecule has 0 radical (unpaired) electrons. The first kappa shape index (κ1) is 22.4. The molecule has 2 N–H and O–H groups in total.